The van der Waals surface area contributed by atoms with Gasteiger partial charge in [-0.3, -0.25) is 4.79 Å². The molecule has 2 unspecified atom stereocenters. The van der Waals surface area contributed by atoms with E-state index < -0.39 is 0 Å². The number of thiophene rings is 1. The lowest BCUT2D eigenvalue weighted by atomic mass is 9.98. The molecule has 0 bridgehead atoms. The second kappa shape index (κ2) is 4.13. The van der Waals surface area contributed by atoms with Crippen LogP contribution in [0.5, 0.6) is 0 Å². The number of rotatable bonds is 2. The van der Waals surface area contributed by atoms with Gasteiger partial charge in [0.1, 0.15) is 0 Å². The molecule has 0 saturated heterocycles. The number of hydrogen-bond donors (Lipinski definition) is 1. The quantitative estimate of drug-likeness (QED) is 0.843. The van der Waals surface area contributed by atoms with E-state index in [1.165, 1.54) is 0 Å². The number of carbonyl (C=O) groups is 1. The van der Waals surface area contributed by atoms with Gasteiger partial charge in [-0.05, 0) is 35.2 Å². The van der Waals surface area contributed by atoms with Crippen molar-refractivity contribution < 1.29 is 4.79 Å². The summed E-state index contributed by atoms with van der Waals surface area (Å²) in [6, 6.07) is 0.223. The highest BCUT2D eigenvalue weighted by atomic mass is 79.9. The summed E-state index contributed by atoms with van der Waals surface area (Å²) in [6.07, 6.45) is 2.78. The number of halogens is 1. The number of hydrogen-bond acceptors (Lipinski definition) is 3. The van der Waals surface area contributed by atoms with Crippen molar-refractivity contribution >= 4 is 33.0 Å². The molecular weight excluding hydrogens is 262 g/mol. The molecular formula is C10H12BrNOS. The van der Waals surface area contributed by atoms with Crippen LogP contribution in [0.2, 0.25) is 0 Å². The first-order valence-electron chi connectivity index (χ1n) is 4.70. The maximum absolute atomic E-state index is 12.0. The molecule has 0 aromatic carbocycles. The third-order valence-electron chi connectivity index (χ3n) is 2.72. The molecule has 0 radical (unpaired) electrons. The summed E-state index contributed by atoms with van der Waals surface area (Å²) >= 11 is 4.94. The summed E-state index contributed by atoms with van der Waals surface area (Å²) < 4.78 is 0.924. The Morgan fingerprint density at radius 3 is 2.79 bits per heavy atom. The van der Waals surface area contributed by atoms with Crippen molar-refractivity contribution in [3.63, 3.8) is 0 Å². The molecule has 2 atom stereocenters. The van der Waals surface area contributed by atoms with Crippen LogP contribution < -0.4 is 5.73 Å². The summed E-state index contributed by atoms with van der Waals surface area (Å²) in [6.45, 7) is 0. The van der Waals surface area contributed by atoms with Crippen molar-refractivity contribution in [2.75, 3.05) is 0 Å². The van der Waals surface area contributed by atoms with Gasteiger partial charge in [0.15, 0.2) is 5.78 Å². The van der Waals surface area contributed by atoms with Crippen molar-refractivity contribution in [1.82, 2.24) is 0 Å². The first-order chi connectivity index (χ1) is 6.68. The van der Waals surface area contributed by atoms with Crippen molar-refractivity contribution in [3.05, 3.63) is 20.8 Å². The molecule has 2 N–H and O–H groups in total. The van der Waals surface area contributed by atoms with Gasteiger partial charge >= 0.3 is 0 Å². The molecule has 0 spiro atoms. The van der Waals surface area contributed by atoms with Gasteiger partial charge in [0.2, 0.25) is 0 Å². The maximum Gasteiger partial charge on any atom is 0.167 e. The largest absolute Gasteiger partial charge is 0.328 e. The van der Waals surface area contributed by atoms with E-state index in [0.717, 1.165) is 29.3 Å². The SMILES string of the molecule is NC1CCC(C(=O)c2cscc2Br)C1. The van der Waals surface area contributed by atoms with Crippen LogP contribution in [0.3, 0.4) is 0 Å². The Bertz CT molecular complexity index is 350. The lowest BCUT2D eigenvalue weighted by Crippen LogP contribution is -2.18. The molecule has 2 rings (SSSR count). The molecule has 1 aliphatic rings. The summed E-state index contributed by atoms with van der Waals surface area (Å²) in [5, 5.41) is 3.86. The summed E-state index contributed by atoms with van der Waals surface area (Å²) in [5.74, 6) is 0.405. The van der Waals surface area contributed by atoms with Gasteiger partial charge in [-0.1, -0.05) is 0 Å². The highest BCUT2D eigenvalue weighted by Gasteiger charge is 2.29. The van der Waals surface area contributed by atoms with Crippen LogP contribution in [0.4, 0.5) is 0 Å². The Morgan fingerprint density at radius 2 is 2.29 bits per heavy atom. The molecule has 0 aliphatic heterocycles. The van der Waals surface area contributed by atoms with Crippen molar-refractivity contribution in [2.24, 2.45) is 11.7 Å². The molecule has 1 aliphatic carbocycles. The zero-order valence-corrected chi connectivity index (χ0v) is 10.1. The molecule has 1 aromatic heterocycles. The average molecular weight is 274 g/mol. The smallest absolute Gasteiger partial charge is 0.167 e. The van der Waals surface area contributed by atoms with Crippen LogP contribution in [-0.2, 0) is 0 Å². The third-order valence-corrected chi connectivity index (χ3v) is 4.43. The minimum absolute atomic E-state index is 0.149. The van der Waals surface area contributed by atoms with Crippen LogP contribution in [0, 0.1) is 5.92 Å². The van der Waals surface area contributed by atoms with E-state index in [2.05, 4.69) is 15.9 Å². The van der Waals surface area contributed by atoms with Gasteiger partial charge in [0.25, 0.3) is 0 Å². The van der Waals surface area contributed by atoms with Crippen molar-refractivity contribution in [2.45, 2.75) is 25.3 Å². The Kier molecular flexibility index (Phi) is 3.04. The lowest BCUT2D eigenvalue weighted by molar-refractivity contribution is 0.0921. The molecule has 1 aromatic rings. The Morgan fingerprint density at radius 1 is 1.50 bits per heavy atom. The molecule has 1 heterocycles. The number of carbonyl (C=O) groups excluding carboxylic acids is 1. The van der Waals surface area contributed by atoms with E-state index in [0.29, 0.717) is 0 Å². The molecule has 4 heteroatoms. The summed E-state index contributed by atoms with van der Waals surface area (Å²) in [4.78, 5) is 12.0. The first-order valence-corrected chi connectivity index (χ1v) is 6.43. The van der Waals surface area contributed by atoms with Gasteiger partial charge in [0, 0.05) is 32.8 Å². The minimum Gasteiger partial charge on any atom is -0.328 e. The lowest BCUT2D eigenvalue weighted by Gasteiger charge is -2.06. The highest BCUT2D eigenvalue weighted by Crippen LogP contribution is 2.31. The second-order valence-electron chi connectivity index (χ2n) is 3.77. The highest BCUT2D eigenvalue weighted by molar-refractivity contribution is 9.10. The Balaban J connectivity index is 2.13. The Labute approximate surface area is 95.6 Å². The standard InChI is InChI=1S/C10H12BrNOS/c11-9-5-14-4-8(9)10(13)6-1-2-7(12)3-6/h4-7H,1-3,12H2. The van der Waals surface area contributed by atoms with E-state index in [4.69, 9.17) is 5.73 Å². The Hall–Kier alpha value is -0.190. The zero-order chi connectivity index (χ0) is 10.1. The average Bonchev–Trinajstić information content (AvgIpc) is 2.73. The number of Topliss-reactive ketones (excluding diaryl/α,β-unsaturated/α-hetero) is 1. The molecule has 76 valence electrons. The molecule has 14 heavy (non-hydrogen) atoms. The van der Waals surface area contributed by atoms with Gasteiger partial charge in [-0.2, -0.15) is 11.3 Å². The van der Waals surface area contributed by atoms with Gasteiger partial charge in [-0.25, -0.2) is 0 Å². The second-order valence-corrected chi connectivity index (χ2v) is 5.37. The molecule has 2 nitrogen and oxygen atoms in total. The van der Waals surface area contributed by atoms with E-state index in [1.54, 1.807) is 11.3 Å². The zero-order valence-electron chi connectivity index (χ0n) is 7.70. The van der Waals surface area contributed by atoms with Crippen molar-refractivity contribution in [1.29, 1.82) is 0 Å². The molecule has 0 amide bonds. The topological polar surface area (TPSA) is 43.1 Å². The predicted molar refractivity (Wildman–Crippen MR) is 61.7 cm³/mol. The minimum atomic E-state index is 0.149. The van der Waals surface area contributed by atoms with E-state index in [1.807, 2.05) is 10.8 Å². The monoisotopic (exact) mass is 273 g/mol. The fourth-order valence-electron chi connectivity index (χ4n) is 1.93. The van der Waals surface area contributed by atoms with E-state index in [-0.39, 0.29) is 17.7 Å². The fraction of sp³-hybridized carbons (Fsp3) is 0.500. The number of ketones is 1. The summed E-state index contributed by atoms with van der Waals surface area (Å²) in [7, 11) is 0. The first kappa shape index (κ1) is 10.3. The summed E-state index contributed by atoms with van der Waals surface area (Å²) in [5.41, 5.74) is 6.62. The van der Waals surface area contributed by atoms with E-state index in [9.17, 15) is 4.79 Å². The van der Waals surface area contributed by atoms with Gasteiger partial charge < -0.3 is 5.73 Å². The van der Waals surface area contributed by atoms with Crippen LogP contribution >= 0.6 is 27.3 Å². The predicted octanol–water partition coefficient (Wildman–Crippen LogP) is 2.82. The fourth-order valence-corrected chi connectivity index (χ4v) is 3.41. The van der Waals surface area contributed by atoms with E-state index >= 15 is 0 Å². The van der Waals surface area contributed by atoms with Crippen LogP contribution in [0.25, 0.3) is 0 Å². The normalized spacial score (nSPS) is 26.7. The van der Waals surface area contributed by atoms with Crippen LogP contribution in [0.1, 0.15) is 29.6 Å². The van der Waals surface area contributed by atoms with Crippen LogP contribution in [0.15, 0.2) is 15.2 Å². The molecule has 1 saturated carbocycles. The molecule has 1 fully saturated rings. The maximum atomic E-state index is 12.0. The third kappa shape index (κ3) is 1.92. The number of nitrogens with two attached hydrogens (primary N) is 1. The van der Waals surface area contributed by atoms with Gasteiger partial charge in [-0.15, -0.1) is 0 Å². The van der Waals surface area contributed by atoms with Gasteiger partial charge in [0.05, 0.1) is 0 Å². The van der Waals surface area contributed by atoms with Crippen LogP contribution in [-0.4, -0.2) is 11.8 Å². The van der Waals surface area contributed by atoms with Crippen molar-refractivity contribution in [3.8, 4) is 0 Å².